The van der Waals surface area contributed by atoms with Crippen molar-refractivity contribution < 1.29 is 9.53 Å². The maximum Gasteiger partial charge on any atom is 0.340 e. The van der Waals surface area contributed by atoms with Crippen molar-refractivity contribution in [2.45, 2.75) is 6.61 Å². The Morgan fingerprint density at radius 2 is 2.11 bits per heavy atom. The molecule has 1 aromatic heterocycles. The third-order valence-corrected chi connectivity index (χ3v) is 3.15. The van der Waals surface area contributed by atoms with E-state index < -0.39 is 5.97 Å². The molecular weight excluding hydrogens is 289 g/mol. The van der Waals surface area contributed by atoms with Gasteiger partial charge in [0.2, 0.25) is 0 Å². The molecule has 0 unspecified atom stereocenters. The van der Waals surface area contributed by atoms with Gasteiger partial charge in [-0.2, -0.15) is 5.10 Å². The quantitative estimate of drug-likeness (QED) is 0.699. The lowest BCUT2D eigenvalue weighted by atomic mass is 10.2. The highest BCUT2D eigenvalue weighted by Crippen LogP contribution is 2.27. The van der Waals surface area contributed by atoms with Crippen molar-refractivity contribution in [3.8, 4) is 0 Å². The Morgan fingerprint density at radius 1 is 1.42 bits per heavy atom. The van der Waals surface area contributed by atoms with Crippen molar-refractivity contribution in [2.75, 3.05) is 5.73 Å². The average Bonchev–Trinajstić information content (AvgIpc) is 2.77. The van der Waals surface area contributed by atoms with Gasteiger partial charge in [0.05, 0.1) is 21.3 Å². The number of esters is 1. The molecule has 100 valence electrons. The van der Waals surface area contributed by atoms with Crippen LogP contribution in [-0.4, -0.2) is 15.7 Å². The van der Waals surface area contributed by atoms with Crippen molar-refractivity contribution >= 4 is 34.9 Å². The zero-order valence-corrected chi connectivity index (χ0v) is 11.6. The number of nitrogens with zero attached hydrogens (tertiary/aromatic N) is 2. The zero-order chi connectivity index (χ0) is 14.0. The van der Waals surface area contributed by atoms with E-state index in [4.69, 9.17) is 33.7 Å². The Balaban J connectivity index is 2.10. The lowest BCUT2D eigenvalue weighted by Gasteiger charge is -2.07. The summed E-state index contributed by atoms with van der Waals surface area (Å²) in [5.41, 5.74) is 6.76. The van der Waals surface area contributed by atoms with Crippen LogP contribution >= 0.6 is 23.2 Å². The van der Waals surface area contributed by atoms with Crippen LogP contribution in [0.15, 0.2) is 24.4 Å². The molecule has 19 heavy (non-hydrogen) atoms. The summed E-state index contributed by atoms with van der Waals surface area (Å²) in [6.45, 7) is 0.0688. The smallest absolute Gasteiger partial charge is 0.340 e. The third kappa shape index (κ3) is 3.19. The van der Waals surface area contributed by atoms with Crippen LogP contribution in [0.25, 0.3) is 0 Å². The van der Waals surface area contributed by atoms with E-state index in [1.165, 1.54) is 12.1 Å². The number of rotatable bonds is 3. The second-order valence-electron chi connectivity index (χ2n) is 3.91. The SMILES string of the molecule is Cn1ccc(COC(=O)c2cc(Cl)c(Cl)cc2N)n1. The molecule has 0 amide bonds. The Kier molecular flexibility index (Phi) is 3.97. The summed E-state index contributed by atoms with van der Waals surface area (Å²) >= 11 is 11.6. The van der Waals surface area contributed by atoms with Crippen LogP contribution in [0, 0.1) is 0 Å². The summed E-state index contributed by atoms with van der Waals surface area (Å²) in [5.74, 6) is -0.568. The van der Waals surface area contributed by atoms with Gasteiger partial charge in [0.15, 0.2) is 0 Å². The zero-order valence-electron chi connectivity index (χ0n) is 10.1. The number of benzene rings is 1. The van der Waals surface area contributed by atoms with Crippen LogP contribution in [0.4, 0.5) is 5.69 Å². The van der Waals surface area contributed by atoms with Gasteiger partial charge in [0.1, 0.15) is 6.61 Å². The summed E-state index contributed by atoms with van der Waals surface area (Å²) in [7, 11) is 1.78. The number of halogens is 2. The second-order valence-corrected chi connectivity index (χ2v) is 4.72. The minimum Gasteiger partial charge on any atom is -0.455 e. The first-order valence-electron chi connectivity index (χ1n) is 5.37. The molecule has 0 bridgehead atoms. The number of nitrogen functional groups attached to an aromatic ring is 1. The minimum absolute atomic E-state index is 0.0688. The molecule has 0 aliphatic carbocycles. The molecule has 7 heteroatoms. The summed E-state index contributed by atoms with van der Waals surface area (Å²) in [4.78, 5) is 11.9. The molecule has 0 aliphatic heterocycles. The number of anilines is 1. The van der Waals surface area contributed by atoms with Crippen LogP contribution in [0.2, 0.25) is 10.0 Å². The largest absolute Gasteiger partial charge is 0.455 e. The number of aromatic nitrogens is 2. The van der Waals surface area contributed by atoms with Gasteiger partial charge in [-0.15, -0.1) is 0 Å². The number of ether oxygens (including phenoxy) is 1. The fraction of sp³-hybridized carbons (Fsp3) is 0.167. The number of carbonyl (C=O) groups excluding carboxylic acids is 1. The van der Waals surface area contributed by atoms with Crippen LogP contribution < -0.4 is 5.73 Å². The highest BCUT2D eigenvalue weighted by Gasteiger charge is 2.14. The van der Waals surface area contributed by atoms with Gasteiger partial charge in [-0.05, 0) is 18.2 Å². The Hall–Kier alpha value is -1.72. The summed E-state index contributed by atoms with van der Waals surface area (Å²) in [6, 6.07) is 4.56. The first-order valence-corrected chi connectivity index (χ1v) is 6.13. The molecule has 2 rings (SSSR count). The van der Waals surface area contributed by atoms with E-state index in [9.17, 15) is 4.79 Å². The highest BCUT2D eigenvalue weighted by molar-refractivity contribution is 6.42. The molecule has 0 radical (unpaired) electrons. The van der Waals surface area contributed by atoms with Gasteiger partial charge in [-0.1, -0.05) is 23.2 Å². The lowest BCUT2D eigenvalue weighted by molar-refractivity contribution is 0.0468. The number of hydrogen-bond acceptors (Lipinski definition) is 4. The first-order chi connectivity index (χ1) is 8.97. The molecule has 2 aromatic rings. The lowest BCUT2D eigenvalue weighted by Crippen LogP contribution is -2.09. The number of aryl methyl sites for hydroxylation is 1. The predicted octanol–water partition coefficient (Wildman–Crippen LogP) is 2.67. The van der Waals surface area contributed by atoms with Gasteiger partial charge in [0.25, 0.3) is 0 Å². The van der Waals surface area contributed by atoms with Crippen LogP contribution in [0.5, 0.6) is 0 Å². The van der Waals surface area contributed by atoms with E-state index in [0.29, 0.717) is 10.7 Å². The van der Waals surface area contributed by atoms with Crippen molar-refractivity contribution in [1.82, 2.24) is 9.78 Å². The van der Waals surface area contributed by atoms with Gasteiger partial charge in [-0.3, -0.25) is 4.68 Å². The van der Waals surface area contributed by atoms with Gasteiger partial charge in [-0.25, -0.2) is 4.79 Å². The van der Waals surface area contributed by atoms with E-state index in [1.54, 1.807) is 24.0 Å². The molecule has 0 saturated heterocycles. The first kappa shape index (κ1) is 13.7. The maximum absolute atomic E-state index is 11.9. The van der Waals surface area contributed by atoms with E-state index in [1.807, 2.05) is 0 Å². The van der Waals surface area contributed by atoms with Crippen molar-refractivity contribution in [3.63, 3.8) is 0 Å². The molecule has 1 heterocycles. The van der Waals surface area contributed by atoms with Crippen molar-refractivity contribution in [3.05, 3.63) is 45.7 Å². The fourth-order valence-corrected chi connectivity index (χ4v) is 1.83. The standard InChI is InChI=1S/C12H11Cl2N3O2/c1-17-3-2-7(16-17)6-19-12(18)8-4-9(13)10(14)5-11(8)15/h2-5H,6,15H2,1H3. The summed E-state index contributed by atoms with van der Waals surface area (Å²) in [6.07, 6.45) is 1.76. The molecule has 0 spiro atoms. The molecule has 0 fully saturated rings. The molecule has 1 aromatic carbocycles. The third-order valence-electron chi connectivity index (χ3n) is 2.43. The van der Waals surface area contributed by atoms with Crippen molar-refractivity contribution in [1.29, 1.82) is 0 Å². The number of hydrogen-bond donors (Lipinski definition) is 1. The molecular formula is C12H11Cl2N3O2. The van der Waals surface area contributed by atoms with E-state index in [-0.39, 0.29) is 22.9 Å². The Bertz CT molecular complexity index is 625. The van der Waals surface area contributed by atoms with Gasteiger partial charge < -0.3 is 10.5 Å². The molecule has 0 atom stereocenters. The fourth-order valence-electron chi connectivity index (χ4n) is 1.50. The summed E-state index contributed by atoms with van der Waals surface area (Å²) < 4.78 is 6.73. The molecule has 5 nitrogen and oxygen atoms in total. The van der Waals surface area contributed by atoms with Crippen LogP contribution in [0.3, 0.4) is 0 Å². The van der Waals surface area contributed by atoms with Gasteiger partial charge in [0, 0.05) is 18.9 Å². The predicted molar refractivity (Wildman–Crippen MR) is 73.2 cm³/mol. The van der Waals surface area contributed by atoms with Crippen LogP contribution in [-0.2, 0) is 18.4 Å². The van der Waals surface area contributed by atoms with Gasteiger partial charge >= 0.3 is 5.97 Å². The monoisotopic (exact) mass is 299 g/mol. The molecule has 2 N–H and O–H groups in total. The number of carbonyl (C=O) groups is 1. The minimum atomic E-state index is -0.568. The van der Waals surface area contributed by atoms with E-state index >= 15 is 0 Å². The maximum atomic E-state index is 11.9. The highest BCUT2D eigenvalue weighted by atomic mass is 35.5. The molecule has 0 saturated carbocycles. The summed E-state index contributed by atoms with van der Waals surface area (Å²) in [5, 5.41) is 4.63. The second kappa shape index (κ2) is 5.50. The normalized spacial score (nSPS) is 10.5. The topological polar surface area (TPSA) is 70.1 Å². The Morgan fingerprint density at radius 3 is 2.74 bits per heavy atom. The average molecular weight is 300 g/mol. The van der Waals surface area contributed by atoms with Crippen molar-refractivity contribution in [2.24, 2.45) is 7.05 Å². The Labute approximate surface area is 119 Å². The van der Waals surface area contributed by atoms with E-state index in [0.717, 1.165) is 0 Å². The number of nitrogens with two attached hydrogens (primary N) is 1. The van der Waals surface area contributed by atoms with E-state index in [2.05, 4.69) is 5.10 Å². The molecule has 0 aliphatic rings. The van der Waals surface area contributed by atoms with Crippen LogP contribution in [0.1, 0.15) is 16.1 Å².